The van der Waals surface area contributed by atoms with Crippen LogP contribution in [0.1, 0.15) is 23.7 Å². The second-order valence-electron chi connectivity index (χ2n) is 3.81. The number of rotatable bonds is 4. The Kier molecular flexibility index (Phi) is 4.33. The highest BCUT2D eigenvalue weighted by molar-refractivity contribution is 5.52. The van der Waals surface area contributed by atoms with Gasteiger partial charge in [0.2, 0.25) is 0 Å². The zero-order valence-corrected chi connectivity index (χ0v) is 10.2. The Hall–Kier alpha value is -1.53. The van der Waals surface area contributed by atoms with Crippen molar-refractivity contribution >= 4 is 5.82 Å². The lowest BCUT2D eigenvalue weighted by atomic mass is 10.1. The molecule has 0 fully saturated rings. The molecule has 1 aromatic rings. The van der Waals surface area contributed by atoms with Gasteiger partial charge >= 0.3 is 0 Å². The molecule has 2 N–H and O–H groups in total. The van der Waals surface area contributed by atoms with Crippen molar-refractivity contribution in [2.75, 3.05) is 18.0 Å². The summed E-state index contributed by atoms with van der Waals surface area (Å²) in [4.78, 5) is 6.62. The van der Waals surface area contributed by atoms with Crippen molar-refractivity contribution in [2.45, 2.75) is 27.3 Å². The summed E-state index contributed by atoms with van der Waals surface area (Å²) in [5.74, 6) is 3.58. The zero-order valence-electron chi connectivity index (χ0n) is 10.2. The van der Waals surface area contributed by atoms with Gasteiger partial charge < -0.3 is 10.6 Å². The van der Waals surface area contributed by atoms with E-state index in [1.54, 1.807) is 0 Å². The minimum absolute atomic E-state index is 0.496. The van der Waals surface area contributed by atoms with Crippen molar-refractivity contribution in [3.8, 4) is 12.3 Å². The standard InChI is InChI=1S/C13H19N3/c1-5-7-16(6-2)13-12(9-14)10(3)8-11(4)15-13/h1,8H,6-7,9,14H2,2-4H3. The van der Waals surface area contributed by atoms with Crippen LogP contribution in [0, 0.1) is 26.2 Å². The monoisotopic (exact) mass is 217 g/mol. The van der Waals surface area contributed by atoms with Gasteiger partial charge in [-0.05, 0) is 32.4 Å². The Labute approximate surface area is 97.7 Å². The van der Waals surface area contributed by atoms with Gasteiger partial charge in [0.25, 0.3) is 0 Å². The number of anilines is 1. The fraction of sp³-hybridized carbons (Fsp3) is 0.462. The Balaban J connectivity index is 3.24. The van der Waals surface area contributed by atoms with Crippen molar-refractivity contribution < 1.29 is 0 Å². The Morgan fingerprint density at radius 2 is 2.19 bits per heavy atom. The fourth-order valence-electron chi connectivity index (χ4n) is 1.80. The zero-order chi connectivity index (χ0) is 12.1. The van der Waals surface area contributed by atoms with Crippen molar-refractivity contribution in [3.63, 3.8) is 0 Å². The largest absolute Gasteiger partial charge is 0.345 e. The Morgan fingerprint density at radius 3 is 2.69 bits per heavy atom. The van der Waals surface area contributed by atoms with Gasteiger partial charge in [-0.3, -0.25) is 0 Å². The predicted molar refractivity (Wildman–Crippen MR) is 68.3 cm³/mol. The van der Waals surface area contributed by atoms with E-state index in [0.29, 0.717) is 13.1 Å². The van der Waals surface area contributed by atoms with Gasteiger partial charge in [0.1, 0.15) is 5.82 Å². The molecule has 0 atom stereocenters. The first-order chi connectivity index (χ1) is 7.63. The minimum atomic E-state index is 0.496. The van der Waals surface area contributed by atoms with E-state index >= 15 is 0 Å². The Morgan fingerprint density at radius 1 is 1.50 bits per heavy atom. The number of aryl methyl sites for hydroxylation is 2. The molecule has 0 unspecified atom stereocenters. The lowest BCUT2D eigenvalue weighted by molar-refractivity contribution is 0.861. The van der Waals surface area contributed by atoms with Crippen molar-refractivity contribution in [2.24, 2.45) is 5.73 Å². The predicted octanol–water partition coefficient (Wildman–Crippen LogP) is 1.62. The van der Waals surface area contributed by atoms with Crippen LogP contribution < -0.4 is 10.6 Å². The maximum absolute atomic E-state index is 5.77. The maximum Gasteiger partial charge on any atom is 0.134 e. The van der Waals surface area contributed by atoms with Crippen molar-refractivity contribution in [1.82, 2.24) is 4.98 Å². The molecule has 0 aliphatic rings. The molecule has 86 valence electrons. The SMILES string of the molecule is C#CCN(CC)c1nc(C)cc(C)c1CN. The molecule has 1 rings (SSSR count). The molecule has 3 heteroatoms. The third-order valence-electron chi connectivity index (χ3n) is 2.62. The van der Waals surface area contributed by atoms with E-state index in [1.807, 2.05) is 6.92 Å². The third-order valence-corrected chi connectivity index (χ3v) is 2.62. The second-order valence-corrected chi connectivity index (χ2v) is 3.81. The van der Waals surface area contributed by atoms with Crippen LogP contribution in [-0.4, -0.2) is 18.1 Å². The van der Waals surface area contributed by atoms with Gasteiger partial charge in [0.15, 0.2) is 0 Å². The van der Waals surface area contributed by atoms with E-state index in [-0.39, 0.29) is 0 Å². The molecule has 0 aliphatic heterocycles. The van der Waals surface area contributed by atoms with E-state index in [2.05, 4.69) is 35.7 Å². The number of pyridine rings is 1. The van der Waals surface area contributed by atoms with Gasteiger partial charge in [-0.25, -0.2) is 4.98 Å². The molecule has 0 radical (unpaired) electrons. The maximum atomic E-state index is 5.77. The fourth-order valence-corrected chi connectivity index (χ4v) is 1.80. The lowest BCUT2D eigenvalue weighted by Crippen LogP contribution is -2.26. The second kappa shape index (κ2) is 5.53. The number of hydrogen-bond acceptors (Lipinski definition) is 3. The van der Waals surface area contributed by atoms with E-state index in [4.69, 9.17) is 12.2 Å². The molecule has 1 aromatic heterocycles. The average Bonchev–Trinajstić information content (AvgIpc) is 2.25. The molecular weight excluding hydrogens is 198 g/mol. The topological polar surface area (TPSA) is 42.2 Å². The third kappa shape index (κ3) is 2.53. The molecular formula is C13H19N3. The first-order valence-electron chi connectivity index (χ1n) is 5.49. The highest BCUT2D eigenvalue weighted by atomic mass is 15.2. The minimum Gasteiger partial charge on any atom is -0.345 e. The number of aromatic nitrogens is 1. The summed E-state index contributed by atoms with van der Waals surface area (Å²) in [7, 11) is 0. The highest BCUT2D eigenvalue weighted by Gasteiger charge is 2.12. The van der Waals surface area contributed by atoms with Crippen LogP contribution in [-0.2, 0) is 6.54 Å². The first kappa shape index (κ1) is 12.5. The van der Waals surface area contributed by atoms with Crippen LogP contribution >= 0.6 is 0 Å². The van der Waals surface area contributed by atoms with Gasteiger partial charge in [0, 0.05) is 24.3 Å². The van der Waals surface area contributed by atoms with Gasteiger partial charge in [0.05, 0.1) is 6.54 Å². The summed E-state index contributed by atoms with van der Waals surface area (Å²) in [5.41, 5.74) is 9.04. The van der Waals surface area contributed by atoms with Gasteiger partial charge in [-0.15, -0.1) is 6.42 Å². The molecule has 0 spiro atoms. The summed E-state index contributed by atoms with van der Waals surface area (Å²) < 4.78 is 0. The summed E-state index contributed by atoms with van der Waals surface area (Å²) in [6.45, 7) is 8.02. The number of hydrogen-bond donors (Lipinski definition) is 1. The molecule has 0 aliphatic carbocycles. The van der Waals surface area contributed by atoms with E-state index < -0.39 is 0 Å². The van der Waals surface area contributed by atoms with Crippen LogP contribution in [0.2, 0.25) is 0 Å². The van der Waals surface area contributed by atoms with Gasteiger partial charge in [-0.2, -0.15) is 0 Å². The Bertz CT molecular complexity index is 404. The van der Waals surface area contributed by atoms with Crippen LogP contribution in [0.15, 0.2) is 6.07 Å². The molecule has 0 saturated heterocycles. The normalized spacial score (nSPS) is 9.94. The van der Waals surface area contributed by atoms with Crippen LogP contribution in [0.25, 0.3) is 0 Å². The summed E-state index contributed by atoms with van der Waals surface area (Å²) in [6.07, 6.45) is 5.36. The smallest absolute Gasteiger partial charge is 0.134 e. The lowest BCUT2D eigenvalue weighted by Gasteiger charge is -2.23. The summed E-state index contributed by atoms with van der Waals surface area (Å²) in [6, 6.07) is 2.05. The summed E-state index contributed by atoms with van der Waals surface area (Å²) in [5, 5.41) is 0. The van der Waals surface area contributed by atoms with Crippen LogP contribution in [0.4, 0.5) is 5.82 Å². The van der Waals surface area contributed by atoms with Crippen LogP contribution in [0.3, 0.4) is 0 Å². The van der Waals surface area contributed by atoms with Crippen molar-refractivity contribution in [3.05, 3.63) is 22.9 Å². The summed E-state index contributed by atoms with van der Waals surface area (Å²) >= 11 is 0. The molecule has 0 aromatic carbocycles. The van der Waals surface area contributed by atoms with Gasteiger partial charge in [-0.1, -0.05) is 5.92 Å². The van der Waals surface area contributed by atoms with E-state index in [0.717, 1.165) is 23.6 Å². The number of nitrogens with zero attached hydrogens (tertiary/aromatic N) is 2. The molecule has 0 saturated carbocycles. The number of nitrogens with two attached hydrogens (primary N) is 1. The molecule has 0 bridgehead atoms. The van der Waals surface area contributed by atoms with E-state index in [1.165, 1.54) is 5.56 Å². The molecule has 0 amide bonds. The average molecular weight is 217 g/mol. The first-order valence-corrected chi connectivity index (χ1v) is 5.49. The number of terminal acetylenes is 1. The molecule has 16 heavy (non-hydrogen) atoms. The quantitative estimate of drug-likeness (QED) is 0.779. The molecule has 1 heterocycles. The highest BCUT2D eigenvalue weighted by Crippen LogP contribution is 2.21. The van der Waals surface area contributed by atoms with E-state index in [9.17, 15) is 0 Å². The van der Waals surface area contributed by atoms with Crippen LogP contribution in [0.5, 0.6) is 0 Å². The molecule has 3 nitrogen and oxygen atoms in total. The van der Waals surface area contributed by atoms with Crippen molar-refractivity contribution in [1.29, 1.82) is 0 Å².